The summed E-state index contributed by atoms with van der Waals surface area (Å²) in [4.78, 5) is 27.9. The van der Waals surface area contributed by atoms with E-state index < -0.39 is 5.60 Å². The Morgan fingerprint density at radius 3 is 2.38 bits per heavy atom. The molecule has 0 aromatic rings. The minimum Gasteiger partial charge on any atom is -0.444 e. The summed E-state index contributed by atoms with van der Waals surface area (Å²) in [6.07, 6.45) is 0.327. The molecule has 0 saturated carbocycles. The third kappa shape index (κ3) is 4.33. The van der Waals surface area contributed by atoms with Crippen LogP contribution in [-0.4, -0.2) is 66.2 Å². The SMILES string of the molecule is CC1CN(C(=O)OC(C)(C)C)CCN1C(=O)CC1CNC1. The standard InChI is InChI=1S/C15H27N3O3/c1-11-10-17(14(20)21-15(2,3)4)5-6-18(11)13(19)7-12-8-16-9-12/h11-12,16H,5-10H2,1-4H3. The van der Waals surface area contributed by atoms with E-state index in [1.54, 1.807) is 4.90 Å². The van der Waals surface area contributed by atoms with Crippen molar-refractivity contribution in [3.05, 3.63) is 0 Å². The molecule has 2 aliphatic heterocycles. The Bertz CT molecular complexity index is 401. The highest BCUT2D eigenvalue weighted by Gasteiger charge is 2.33. The molecule has 1 unspecified atom stereocenters. The van der Waals surface area contributed by atoms with E-state index in [0.29, 0.717) is 32.0 Å². The van der Waals surface area contributed by atoms with Gasteiger partial charge in [0.05, 0.1) is 0 Å². The number of piperazine rings is 1. The number of nitrogens with zero attached hydrogens (tertiary/aromatic N) is 2. The van der Waals surface area contributed by atoms with Crippen LogP contribution >= 0.6 is 0 Å². The fourth-order valence-corrected chi connectivity index (χ4v) is 2.68. The summed E-state index contributed by atoms with van der Waals surface area (Å²) in [6.45, 7) is 11.2. The van der Waals surface area contributed by atoms with Gasteiger partial charge in [-0.25, -0.2) is 4.79 Å². The van der Waals surface area contributed by atoms with Gasteiger partial charge in [-0.2, -0.15) is 0 Å². The highest BCUT2D eigenvalue weighted by molar-refractivity contribution is 5.77. The van der Waals surface area contributed by atoms with Crippen molar-refractivity contribution in [3.8, 4) is 0 Å². The Balaban J connectivity index is 1.83. The zero-order chi connectivity index (χ0) is 15.6. The number of carbonyl (C=O) groups excluding carboxylic acids is 2. The van der Waals surface area contributed by atoms with Crippen LogP contribution in [0.15, 0.2) is 0 Å². The second-order valence-corrected chi connectivity index (χ2v) is 7.09. The lowest BCUT2D eigenvalue weighted by Crippen LogP contribution is -2.57. The Kier molecular flexibility index (Phi) is 4.76. The molecule has 21 heavy (non-hydrogen) atoms. The number of rotatable bonds is 2. The number of ether oxygens (including phenoxy) is 1. The first-order valence-electron chi connectivity index (χ1n) is 7.74. The van der Waals surface area contributed by atoms with Gasteiger partial charge in [-0.05, 0) is 46.7 Å². The molecule has 2 amide bonds. The first-order valence-corrected chi connectivity index (χ1v) is 7.74. The Hall–Kier alpha value is -1.30. The molecule has 1 atom stereocenters. The zero-order valence-electron chi connectivity index (χ0n) is 13.5. The third-order valence-corrected chi connectivity index (χ3v) is 3.93. The maximum Gasteiger partial charge on any atom is 0.410 e. The summed E-state index contributed by atoms with van der Waals surface area (Å²) in [6, 6.07) is 0.0480. The van der Waals surface area contributed by atoms with Gasteiger partial charge in [0.2, 0.25) is 5.91 Å². The third-order valence-electron chi connectivity index (χ3n) is 3.93. The molecule has 0 aromatic heterocycles. The number of hydrogen-bond acceptors (Lipinski definition) is 4. The van der Waals surface area contributed by atoms with E-state index in [-0.39, 0.29) is 18.0 Å². The average molecular weight is 297 g/mol. The zero-order valence-corrected chi connectivity index (χ0v) is 13.5. The average Bonchev–Trinajstić information content (AvgIpc) is 2.31. The predicted molar refractivity (Wildman–Crippen MR) is 80.0 cm³/mol. The molecule has 0 bridgehead atoms. The van der Waals surface area contributed by atoms with E-state index in [1.165, 1.54) is 0 Å². The van der Waals surface area contributed by atoms with Gasteiger partial charge in [0.15, 0.2) is 0 Å². The highest BCUT2D eigenvalue weighted by atomic mass is 16.6. The predicted octanol–water partition coefficient (Wildman–Crippen LogP) is 1.06. The van der Waals surface area contributed by atoms with E-state index in [0.717, 1.165) is 13.1 Å². The van der Waals surface area contributed by atoms with Gasteiger partial charge < -0.3 is 19.9 Å². The molecule has 0 aromatic carbocycles. The van der Waals surface area contributed by atoms with Crippen molar-refractivity contribution in [2.45, 2.75) is 45.8 Å². The van der Waals surface area contributed by atoms with Crippen molar-refractivity contribution >= 4 is 12.0 Å². The van der Waals surface area contributed by atoms with Gasteiger partial charge in [-0.15, -0.1) is 0 Å². The molecule has 0 spiro atoms. The van der Waals surface area contributed by atoms with Crippen molar-refractivity contribution < 1.29 is 14.3 Å². The molecule has 120 valence electrons. The van der Waals surface area contributed by atoms with Gasteiger partial charge >= 0.3 is 6.09 Å². The van der Waals surface area contributed by atoms with E-state index in [9.17, 15) is 9.59 Å². The number of hydrogen-bond donors (Lipinski definition) is 1. The monoisotopic (exact) mass is 297 g/mol. The molecule has 2 fully saturated rings. The Morgan fingerprint density at radius 1 is 1.24 bits per heavy atom. The van der Waals surface area contributed by atoms with Gasteiger partial charge in [0.1, 0.15) is 5.60 Å². The van der Waals surface area contributed by atoms with E-state index in [4.69, 9.17) is 4.74 Å². The molecule has 2 rings (SSSR count). The van der Waals surface area contributed by atoms with Crippen LogP contribution in [0.1, 0.15) is 34.1 Å². The summed E-state index contributed by atoms with van der Waals surface area (Å²) in [5, 5.41) is 3.18. The van der Waals surface area contributed by atoms with E-state index in [2.05, 4.69) is 5.32 Å². The van der Waals surface area contributed by atoms with E-state index >= 15 is 0 Å². The molecule has 0 aliphatic carbocycles. The highest BCUT2D eigenvalue weighted by Crippen LogP contribution is 2.18. The first-order chi connectivity index (χ1) is 9.76. The van der Waals surface area contributed by atoms with Crippen molar-refractivity contribution in [1.29, 1.82) is 0 Å². The summed E-state index contributed by atoms with van der Waals surface area (Å²) < 4.78 is 5.39. The summed E-state index contributed by atoms with van der Waals surface area (Å²) >= 11 is 0. The van der Waals surface area contributed by atoms with Crippen LogP contribution in [0.5, 0.6) is 0 Å². The summed E-state index contributed by atoms with van der Waals surface area (Å²) in [5.74, 6) is 0.687. The summed E-state index contributed by atoms with van der Waals surface area (Å²) in [7, 11) is 0. The molecular weight excluding hydrogens is 270 g/mol. The fourth-order valence-electron chi connectivity index (χ4n) is 2.68. The largest absolute Gasteiger partial charge is 0.444 e. The quantitative estimate of drug-likeness (QED) is 0.828. The Morgan fingerprint density at radius 2 is 1.90 bits per heavy atom. The van der Waals surface area contributed by atoms with Crippen LogP contribution < -0.4 is 5.32 Å². The second kappa shape index (κ2) is 6.22. The smallest absolute Gasteiger partial charge is 0.410 e. The van der Waals surface area contributed by atoms with Gasteiger partial charge in [-0.3, -0.25) is 4.79 Å². The minimum atomic E-state index is -0.482. The molecule has 0 radical (unpaired) electrons. The summed E-state index contributed by atoms with van der Waals surface area (Å²) in [5.41, 5.74) is -0.482. The van der Waals surface area contributed by atoms with Crippen LogP contribution in [-0.2, 0) is 9.53 Å². The lowest BCUT2D eigenvalue weighted by atomic mass is 9.98. The Labute approximate surface area is 126 Å². The van der Waals surface area contributed by atoms with Gasteiger partial charge in [-0.1, -0.05) is 0 Å². The molecular formula is C15H27N3O3. The van der Waals surface area contributed by atoms with Crippen molar-refractivity contribution in [2.24, 2.45) is 5.92 Å². The van der Waals surface area contributed by atoms with Crippen molar-refractivity contribution in [3.63, 3.8) is 0 Å². The van der Waals surface area contributed by atoms with Gasteiger partial charge in [0, 0.05) is 32.1 Å². The molecule has 2 heterocycles. The van der Waals surface area contributed by atoms with Crippen LogP contribution in [0.3, 0.4) is 0 Å². The molecule has 2 saturated heterocycles. The molecule has 6 nitrogen and oxygen atoms in total. The van der Waals surface area contributed by atoms with Gasteiger partial charge in [0.25, 0.3) is 0 Å². The minimum absolute atomic E-state index is 0.0480. The molecule has 6 heteroatoms. The number of amides is 2. The second-order valence-electron chi connectivity index (χ2n) is 7.09. The molecule has 1 N–H and O–H groups in total. The maximum absolute atomic E-state index is 12.3. The van der Waals surface area contributed by atoms with Crippen molar-refractivity contribution in [1.82, 2.24) is 15.1 Å². The lowest BCUT2D eigenvalue weighted by Gasteiger charge is -2.41. The van der Waals surface area contributed by atoms with Crippen LogP contribution in [0.2, 0.25) is 0 Å². The van der Waals surface area contributed by atoms with Crippen LogP contribution in [0.4, 0.5) is 4.79 Å². The normalized spacial score (nSPS) is 23.7. The first kappa shape index (κ1) is 16.1. The van der Waals surface area contributed by atoms with Crippen molar-refractivity contribution in [2.75, 3.05) is 32.7 Å². The van der Waals surface area contributed by atoms with Crippen LogP contribution in [0.25, 0.3) is 0 Å². The topological polar surface area (TPSA) is 61.9 Å². The lowest BCUT2D eigenvalue weighted by molar-refractivity contribution is -0.137. The van der Waals surface area contributed by atoms with Crippen LogP contribution in [0, 0.1) is 5.92 Å². The fraction of sp³-hybridized carbons (Fsp3) is 0.867. The van der Waals surface area contributed by atoms with E-state index in [1.807, 2.05) is 32.6 Å². The molecule has 2 aliphatic rings. The number of carbonyl (C=O) groups is 2. The number of nitrogens with one attached hydrogen (secondary N) is 1. The maximum atomic E-state index is 12.3.